The van der Waals surface area contributed by atoms with Gasteiger partial charge < -0.3 is 10.0 Å². The van der Waals surface area contributed by atoms with E-state index >= 15 is 0 Å². The molecule has 0 aliphatic carbocycles. The van der Waals surface area contributed by atoms with Crippen molar-refractivity contribution in [2.45, 2.75) is 44.9 Å². The molecule has 0 amide bonds. The number of hydrogen-bond acceptors (Lipinski definition) is 2. The summed E-state index contributed by atoms with van der Waals surface area (Å²) in [5.41, 5.74) is 2.90. The van der Waals surface area contributed by atoms with Gasteiger partial charge in [-0.2, -0.15) is 0 Å². The summed E-state index contributed by atoms with van der Waals surface area (Å²) in [6, 6.07) is 18.7. The molecule has 1 N–H and O–H groups in total. The average molecular weight is 338 g/mol. The van der Waals surface area contributed by atoms with Crippen LogP contribution in [0, 0.1) is 5.92 Å². The smallest absolute Gasteiger partial charge is 0.115 e. The van der Waals surface area contributed by atoms with Crippen LogP contribution in [0.25, 0.3) is 0 Å². The highest BCUT2D eigenvalue weighted by Gasteiger charge is 2.37. The Kier molecular flexibility index (Phi) is 5.80. The van der Waals surface area contributed by atoms with E-state index in [-0.39, 0.29) is 5.41 Å². The molecule has 0 unspecified atom stereocenters. The van der Waals surface area contributed by atoms with Crippen molar-refractivity contribution < 1.29 is 5.11 Å². The Labute approximate surface area is 152 Å². The van der Waals surface area contributed by atoms with Crippen LogP contribution >= 0.6 is 0 Å². The highest BCUT2D eigenvalue weighted by molar-refractivity contribution is 5.33. The molecule has 2 nitrogen and oxygen atoms in total. The lowest BCUT2D eigenvalue weighted by atomic mass is 9.68. The van der Waals surface area contributed by atoms with E-state index in [2.05, 4.69) is 55.1 Å². The number of aryl methyl sites for hydroxylation is 1. The third kappa shape index (κ3) is 4.43. The molecule has 2 aromatic carbocycles. The highest BCUT2D eigenvalue weighted by Crippen LogP contribution is 2.40. The van der Waals surface area contributed by atoms with Gasteiger partial charge in [0.2, 0.25) is 0 Å². The second-order valence-corrected chi connectivity index (χ2v) is 7.86. The zero-order valence-corrected chi connectivity index (χ0v) is 15.6. The van der Waals surface area contributed by atoms with Crippen LogP contribution in [0.5, 0.6) is 5.75 Å². The Morgan fingerprint density at radius 1 is 1.08 bits per heavy atom. The minimum atomic E-state index is 0.166. The molecule has 0 saturated carbocycles. The van der Waals surface area contributed by atoms with Crippen molar-refractivity contribution in [2.24, 2.45) is 5.92 Å². The average Bonchev–Trinajstić information content (AvgIpc) is 2.63. The molecule has 134 valence electrons. The molecule has 1 saturated heterocycles. The fourth-order valence-electron chi connectivity index (χ4n) is 4.12. The fraction of sp³-hybridized carbons (Fsp3) is 0.478. The zero-order valence-electron chi connectivity index (χ0n) is 15.6. The maximum Gasteiger partial charge on any atom is 0.115 e. The number of hydrogen-bond donors (Lipinski definition) is 1. The first-order valence-corrected chi connectivity index (χ1v) is 9.64. The van der Waals surface area contributed by atoms with Crippen molar-refractivity contribution in [1.82, 2.24) is 4.90 Å². The van der Waals surface area contributed by atoms with Gasteiger partial charge in [0, 0.05) is 6.54 Å². The van der Waals surface area contributed by atoms with Gasteiger partial charge in [-0.1, -0.05) is 56.3 Å². The molecule has 2 heteroatoms. The summed E-state index contributed by atoms with van der Waals surface area (Å²) >= 11 is 0. The first kappa shape index (κ1) is 18.0. The summed E-state index contributed by atoms with van der Waals surface area (Å²) in [6.07, 6.45) is 4.88. The van der Waals surface area contributed by atoms with Gasteiger partial charge in [0.15, 0.2) is 0 Å². The molecule has 2 aromatic rings. The predicted octanol–water partition coefficient (Wildman–Crippen LogP) is 5.01. The van der Waals surface area contributed by atoms with Crippen LogP contribution in [0.15, 0.2) is 54.6 Å². The number of piperidine rings is 1. The Bertz CT molecular complexity index is 669. The van der Waals surface area contributed by atoms with Gasteiger partial charge in [-0.25, -0.2) is 0 Å². The molecule has 0 spiro atoms. The Hall–Kier alpha value is -1.80. The first-order valence-electron chi connectivity index (χ1n) is 9.64. The van der Waals surface area contributed by atoms with E-state index < -0.39 is 0 Å². The maximum atomic E-state index is 9.82. The van der Waals surface area contributed by atoms with Crippen LogP contribution in [-0.2, 0) is 11.8 Å². The molecular weight excluding hydrogens is 306 g/mol. The molecule has 3 rings (SSSR count). The number of phenols is 1. The summed E-state index contributed by atoms with van der Waals surface area (Å²) in [6.45, 7) is 8.23. The van der Waals surface area contributed by atoms with Crippen LogP contribution in [0.3, 0.4) is 0 Å². The van der Waals surface area contributed by atoms with Crippen molar-refractivity contribution in [3.8, 4) is 5.75 Å². The summed E-state index contributed by atoms with van der Waals surface area (Å²) in [7, 11) is 0. The maximum absolute atomic E-state index is 9.82. The van der Waals surface area contributed by atoms with Crippen molar-refractivity contribution in [2.75, 3.05) is 19.6 Å². The number of nitrogens with zero attached hydrogens (tertiary/aromatic N) is 1. The third-order valence-corrected chi connectivity index (χ3v) is 6.11. The van der Waals surface area contributed by atoms with Gasteiger partial charge in [0.05, 0.1) is 0 Å². The molecule has 0 radical (unpaired) electrons. The molecule has 1 heterocycles. The molecule has 1 fully saturated rings. The quantitative estimate of drug-likeness (QED) is 0.749. The molecule has 0 aromatic heterocycles. The number of likely N-dealkylation sites (tertiary alicyclic amines) is 1. The van der Waals surface area contributed by atoms with Crippen LogP contribution in [0.1, 0.15) is 44.2 Å². The van der Waals surface area contributed by atoms with E-state index in [9.17, 15) is 5.11 Å². The standard InChI is InChI=1S/C23H31NO/c1-19-18-24(15-7-6-11-20-9-4-3-5-10-20)16-14-23(19,2)21-12-8-13-22(25)17-21/h3-5,8-10,12-13,17,19,25H,6-7,11,14-16,18H2,1-2H3/t19-,23+/m0/s1. The van der Waals surface area contributed by atoms with Crippen LogP contribution < -0.4 is 0 Å². The predicted molar refractivity (Wildman–Crippen MR) is 105 cm³/mol. The number of aromatic hydroxyl groups is 1. The summed E-state index contributed by atoms with van der Waals surface area (Å²) in [4.78, 5) is 2.63. The van der Waals surface area contributed by atoms with Gasteiger partial charge in [0.25, 0.3) is 0 Å². The highest BCUT2D eigenvalue weighted by atomic mass is 16.3. The zero-order chi connectivity index (χ0) is 17.7. The lowest BCUT2D eigenvalue weighted by Gasteiger charge is -2.45. The third-order valence-electron chi connectivity index (χ3n) is 6.11. The van der Waals surface area contributed by atoms with Crippen molar-refractivity contribution >= 4 is 0 Å². The lowest BCUT2D eigenvalue weighted by Crippen LogP contribution is -2.47. The van der Waals surface area contributed by atoms with Crippen molar-refractivity contribution in [1.29, 1.82) is 0 Å². The largest absolute Gasteiger partial charge is 0.508 e. The van der Waals surface area contributed by atoms with E-state index in [1.54, 1.807) is 6.07 Å². The topological polar surface area (TPSA) is 23.5 Å². The molecule has 1 aliphatic heterocycles. The van der Waals surface area contributed by atoms with E-state index in [1.807, 2.05) is 12.1 Å². The lowest BCUT2D eigenvalue weighted by molar-refractivity contribution is 0.109. The van der Waals surface area contributed by atoms with Crippen molar-refractivity contribution in [3.63, 3.8) is 0 Å². The van der Waals surface area contributed by atoms with Gasteiger partial charge in [-0.3, -0.25) is 0 Å². The second-order valence-electron chi connectivity index (χ2n) is 7.86. The molecule has 25 heavy (non-hydrogen) atoms. The van der Waals surface area contributed by atoms with E-state index in [0.717, 1.165) is 19.5 Å². The summed E-state index contributed by atoms with van der Waals surface area (Å²) in [5.74, 6) is 0.978. The fourth-order valence-corrected chi connectivity index (χ4v) is 4.12. The van der Waals surface area contributed by atoms with Gasteiger partial charge in [-0.15, -0.1) is 0 Å². The summed E-state index contributed by atoms with van der Waals surface area (Å²) < 4.78 is 0. The first-order chi connectivity index (χ1) is 12.1. The molecule has 1 aliphatic rings. The van der Waals surface area contributed by atoms with Gasteiger partial charge >= 0.3 is 0 Å². The summed E-state index contributed by atoms with van der Waals surface area (Å²) in [5, 5.41) is 9.82. The van der Waals surface area contributed by atoms with E-state index in [1.165, 1.54) is 36.9 Å². The Morgan fingerprint density at radius 3 is 2.60 bits per heavy atom. The van der Waals surface area contributed by atoms with Crippen LogP contribution in [0.4, 0.5) is 0 Å². The minimum absolute atomic E-state index is 0.166. The normalized spacial score (nSPS) is 24.3. The second kappa shape index (κ2) is 8.05. The monoisotopic (exact) mass is 337 g/mol. The van der Waals surface area contributed by atoms with Gasteiger partial charge in [-0.05, 0) is 73.4 Å². The molecule has 2 atom stereocenters. The number of rotatable bonds is 6. The van der Waals surface area contributed by atoms with E-state index in [4.69, 9.17) is 0 Å². The minimum Gasteiger partial charge on any atom is -0.508 e. The Morgan fingerprint density at radius 2 is 1.88 bits per heavy atom. The molecule has 0 bridgehead atoms. The van der Waals surface area contributed by atoms with Crippen LogP contribution in [0.2, 0.25) is 0 Å². The van der Waals surface area contributed by atoms with Crippen molar-refractivity contribution in [3.05, 3.63) is 65.7 Å². The van der Waals surface area contributed by atoms with E-state index in [0.29, 0.717) is 11.7 Å². The number of benzene rings is 2. The number of unbranched alkanes of at least 4 members (excludes halogenated alkanes) is 1. The molecular formula is C23H31NO. The van der Waals surface area contributed by atoms with Crippen LogP contribution in [-0.4, -0.2) is 29.6 Å². The van der Waals surface area contributed by atoms with Gasteiger partial charge in [0.1, 0.15) is 5.75 Å². The SMILES string of the molecule is C[C@H]1CN(CCCCc2ccccc2)CC[C@@]1(C)c1cccc(O)c1. The Balaban J connectivity index is 1.48. The number of phenolic OH excluding ortho intramolecular Hbond substituents is 1.